The van der Waals surface area contributed by atoms with E-state index in [2.05, 4.69) is 10.4 Å². The van der Waals surface area contributed by atoms with Crippen molar-refractivity contribution in [2.45, 2.75) is 57.8 Å². The van der Waals surface area contributed by atoms with Gasteiger partial charge in [-0.15, -0.1) is 0 Å². The lowest BCUT2D eigenvalue weighted by Crippen LogP contribution is -2.27. The molecule has 0 aliphatic carbocycles. The van der Waals surface area contributed by atoms with Gasteiger partial charge in [0.25, 0.3) is 5.91 Å². The van der Waals surface area contributed by atoms with Gasteiger partial charge in [0.15, 0.2) is 0 Å². The van der Waals surface area contributed by atoms with Gasteiger partial charge in [0.2, 0.25) is 0 Å². The zero-order chi connectivity index (χ0) is 19.1. The first-order valence-electron chi connectivity index (χ1n) is 8.69. The van der Waals surface area contributed by atoms with Crippen LogP contribution in [0.1, 0.15) is 56.2 Å². The zero-order valence-electron chi connectivity index (χ0n) is 15.8. The van der Waals surface area contributed by atoms with Gasteiger partial charge in [0.05, 0.1) is 28.8 Å². The molecule has 1 amide bonds. The number of rotatable bonds is 4. The summed E-state index contributed by atoms with van der Waals surface area (Å²) >= 11 is 0. The number of amides is 1. The number of fused-ring (bicyclic) bond motifs is 1. The Morgan fingerprint density at radius 1 is 1.23 bits per heavy atom. The number of benzene rings is 1. The third-order valence-electron chi connectivity index (χ3n) is 4.03. The summed E-state index contributed by atoms with van der Waals surface area (Å²) in [5.74, 6) is 2.04. The molecule has 1 aliphatic heterocycles. The fourth-order valence-electron chi connectivity index (χ4n) is 2.88. The first kappa shape index (κ1) is 18.6. The van der Waals surface area contributed by atoms with Gasteiger partial charge in [0.1, 0.15) is 11.6 Å². The molecule has 2 heterocycles. The van der Waals surface area contributed by atoms with Gasteiger partial charge in [-0.1, -0.05) is 0 Å². The lowest BCUT2D eigenvalue weighted by molar-refractivity contribution is 0.102. The summed E-state index contributed by atoms with van der Waals surface area (Å²) in [5, 5.41) is 7.58. The van der Waals surface area contributed by atoms with E-state index in [1.54, 1.807) is 24.3 Å². The Morgan fingerprint density at radius 2 is 1.88 bits per heavy atom. The molecule has 1 atom stereocenters. The van der Waals surface area contributed by atoms with Crippen molar-refractivity contribution >= 4 is 22.5 Å². The minimum Gasteiger partial charge on any atom is -0.491 e. The van der Waals surface area contributed by atoms with Crippen LogP contribution in [0.25, 0.3) is 0 Å². The van der Waals surface area contributed by atoms with Crippen LogP contribution in [0.2, 0.25) is 0 Å². The van der Waals surface area contributed by atoms with Crippen molar-refractivity contribution in [3.63, 3.8) is 0 Å². The molecule has 1 aromatic heterocycles. The number of hydrogen-bond donors (Lipinski definition) is 1. The van der Waals surface area contributed by atoms with Crippen LogP contribution in [-0.2, 0) is 27.8 Å². The van der Waals surface area contributed by atoms with E-state index in [9.17, 15) is 9.00 Å². The monoisotopic (exact) mass is 375 g/mol. The van der Waals surface area contributed by atoms with Crippen LogP contribution in [0, 0.1) is 0 Å². The van der Waals surface area contributed by atoms with Crippen LogP contribution in [0.3, 0.4) is 0 Å². The van der Waals surface area contributed by atoms with Gasteiger partial charge in [-0.25, -0.2) is 4.68 Å². The molecule has 0 bridgehead atoms. The van der Waals surface area contributed by atoms with E-state index < -0.39 is 10.8 Å². The fraction of sp³-hybridized carbons (Fsp3) is 0.474. The zero-order valence-corrected chi connectivity index (χ0v) is 16.6. The maximum Gasteiger partial charge on any atom is 0.256 e. The summed E-state index contributed by atoms with van der Waals surface area (Å²) in [7, 11) is -0.945. The van der Waals surface area contributed by atoms with Gasteiger partial charge < -0.3 is 10.1 Å². The van der Waals surface area contributed by atoms with Crippen molar-refractivity contribution < 1.29 is 13.7 Å². The standard InChI is InChI=1S/C19H25N3O3S/c1-12(2)25-14-8-6-13(7-9-14)18(23)20-17-15-10-26(24)11-16(15)21-22(17)19(3,4)5/h6-9,12H,10-11H2,1-5H3,(H,20,23)/t26-/m0/s1. The molecule has 26 heavy (non-hydrogen) atoms. The van der Waals surface area contributed by atoms with Crippen molar-refractivity contribution in [3.05, 3.63) is 41.1 Å². The second-order valence-electron chi connectivity index (χ2n) is 7.73. The molecule has 1 aliphatic rings. The molecule has 0 unspecified atom stereocenters. The predicted octanol–water partition coefficient (Wildman–Crippen LogP) is 3.44. The van der Waals surface area contributed by atoms with Gasteiger partial charge in [0, 0.05) is 21.9 Å². The highest BCUT2D eigenvalue weighted by molar-refractivity contribution is 7.83. The van der Waals surface area contributed by atoms with E-state index in [4.69, 9.17) is 4.74 Å². The number of ether oxygens (including phenoxy) is 1. The average Bonchev–Trinajstić information content (AvgIpc) is 3.04. The highest BCUT2D eigenvalue weighted by atomic mass is 32.2. The normalized spacial score (nSPS) is 16.6. The highest BCUT2D eigenvalue weighted by Gasteiger charge is 2.31. The fourth-order valence-corrected chi connectivity index (χ4v) is 4.14. The molecule has 7 heteroatoms. The first-order chi connectivity index (χ1) is 12.1. The third-order valence-corrected chi connectivity index (χ3v) is 5.23. The van der Waals surface area contributed by atoms with Crippen LogP contribution in [0.15, 0.2) is 24.3 Å². The Labute approximate surface area is 156 Å². The molecule has 0 spiro atoms. The van der Waals surface area contributed by atoms with Crippen LogP contribution in [0.4, 0.5) is 5.82 Å². The summed E-state index contributed by atoms with van der Waals surface area (Å²) < 4.78 is 19.3. The Balaban J connectivity index is 1.86. The lowest BCUT2D eigenvalue weighted by atomic mass is 10.1. The van der Waals surface area contributed by atoms with E-state index >= 15 is 0 Å². The topological polar surface area (TPSA) is 73.2 Å². The quantitative estimate of drug-likeness (QED) is 0.888. The summed E-state index contributed by atoms with van der Waals surface area (Å²) in [6, 6.07) is 7.05. The van der Waals surface area contributed by atoms with E-state index in [0.29, 0.717) is 22.9 Å². The average molecular weight is 375 g/mol. The maximum atomic E-state index is 12.7. The van der Waals surface area contributed by atoms with Crippen LogP contribution < -0.4 is 10.1 Å². The van der Waals surface area contributed by atoms with E-state index in [0.717, 1.165) is 17.0 Å². The SMILES string of the molecule is CC(C)Oc1ccc(C(=O)Nc2c3c(nn2C(C)(C)C)C[S@@](=O)C3)cc1. The molecule has 6 nitrogen and oxygen atoms in total. The van der Waals surface area contributed by atoms with Gasteiger partial charge >= 0.3 is 0 Å². The molecule has 1 N–H and O–H groups in total. The summed E-state index contributed by atoms with van der Waals surface area (Å²) in [6.45, 7) is 10.00. The molecule has 0 saturated carbocycles. The molecule has 0 saturated heterocycles. The van der Waals surface area contributed by atoms with E-state index in [1.807, 2.05) is 39.3 Å². The minimum absolute atomic E-state index is 0.0827. The summed E-state index contributed by atoms with van der Waals surface area (Å²) in [4.78, 5) is 12.7. The summed E-state index contributed by atoms with van der Waals surface area (Å²) in [6.07, 6.45) is 0.0827. The van der Waals surface area contributed by atoms with Crippen LogP contribution in [0.5, 0.6) is 5.75 Å². The Kier molecular flexibility index (Phi) is 4.92. The Bertz CT molecular complexity index is 848. The number of anilines is 1. The second kappa shape index (κ2) is 6.87. The Hall–Kier alpha value is -2.15. The molecular formula is C19H25N3O3S. The van der Waals surface area contributed by atoms with Gasteiger partial charge in [-0.2, -0.15) is 5.10 Å². The van der Waals surface area contributed by atoms with E-state index in [1.165, 1.54) is 0 Å². The number of carbonyl (C=O) groups is 1. The maximum absolute atomic E-state index is 12.7. The van der Waals surface area contributed by atoms with Gasteiger partial charge in [-0.05, 0) is 58.9 Å². The molecular weight excluding hydrogens is 350 g/mol. The predicted molar refractivity (Wildman–Crippen MR) is 103 cm³/mol. The number of nitrogens with zero attached hydrogens (tertiary/aromatic N) is 2. The van der Waals surface area contributed by atoms with Crippen molar-refractivity contribution in [1.29, 1.82) is 0 Å². The number of hydrogen-bond acceptors (Lipinski definition) is 4. The second-order valence-corrected chi connectivity index (χ2v) is 9.19. The Morgan fingerprint density at radius 3 is 2.46 bits per heavy atom. The third kappa shape index (κ3) is 3.82. The minimum atomic E-state index is -0.945. The van der Waals surface area contributed by atoms with Crippen LogP contribution >= 0.6 is 0 Å². The number of nitrogens with one attached hydrogen (secondary N) is 1. The lowest BCUT2D eigenvalue weighted by Gasteiger charge is -2.23. The highest BCUT2D eigenvalue weighted by Crippen LogP contribution is 2.33. The number of aromatic nitrogens is 2. The van der Waals surface area contributed by atoms with Crippen LogP contribution in [-0.4, -0.2) is 26.0 Å². The molecule has 0 fully saturated rings. The van der Waals surface area contributed by atoms with Crippen molar-refractivity contribution in [2.24, 2.45) is 0 Å². The van der Waals surface area contributed by atoms with Crippen molar-refractivity contribution in [3.8, 4) is 5.75 Å². The summed E-state index contributed by atoms with van der Waals surface area (Å²) in [5.41, 5.74) is 1.94. The molecule has 3 rings (SSSR count). The largest absolute Gasteiger partial charge is 0.491 e. The molecule has 0 radical (unpaired) electrons. The first-order valence-corrected chi connectivity index (χ1v) is 10.2. The molecule has 140 valence electrons. The molecule has 1 aromatic carbocycles. The van der Waals surface area contributed by atoms with Crippen molar-refractivity contribution in [1.82, 2.24) is 9.78 Å². The van der Waals surface area contributed by atoms with E-state index in [-0.39, 0.29) is 17.6 Å². The van der Waals surface area contributed by atoms with Crippen molar-refractivity contribution in [2.75, 3.05) is 5.32 Å². The molecule has 2 aromatic rings. The smallest absolute Gasteiger partial charge is 0.256 e. The number of carbonyl (C=O) groups excluding carboxylic acids is 1. The van der Waals surface area contributed by atoms with Gasteiger partial charge in [-0.3, -0.25) is 9.00 Å².